The summed E-state index contributed by atoms with van der Waals surface area (Å²) >= 11 is 0. The molecule has 0 amide bonds. The second kappa shape index (κ2) is 17.5. The number of rotatable bonds is 16. The Labute approximate surface area is 236 Å². The van der Waals surface area contributed by atoms with Crippen molar-refractivity contribution in [1.29, 1.82) is 0 Å². The first-order valence-electron chi connectivity index (χ1n) is 15.6. The number of methoxy groups -OCH3 is 1. The van der Waals surface area contributed by atoms with Crippen LogP contribution in [0.1, 0.15) is 110 Å². The summed E-state index contributed by atoms with van der Waals surface area (Å²) in [4.78, 5) is 11.4. The number of allylic oxidation sites excluding steroid dienone is 2. The Morgan fingerprint density at radius 3 is 2.44 bits per heavy atom. The lowest BCUT2D eigenvalue weighted by atomic mass is 9.87. The van der Waals surface area contributed by atoms with E-state index in [1.54, 1.807) is 0 Å². The maximum absolute atomic E-state index is 11.4. The van der Waals surface area contributed by atoms with E-state index in [9.17, 15) is 9.90 Å². The van der Waals surface area contributed by atoms with Crippen molar-refractivity contribution in [3.05, 3.63) is 24.3 Å². The number of carbonyl (C=O) groups excluding carboxylic acids is 1. The van der Waals surface area contributed by atoms with Gasteiger partial charge in [-0.3, -0.25) is 4.79 Å². The van der Waals surface area contributed by atoms with Crippen LogP contribution < -0.4 is 0 Å². The molecular weight excluding hydrogens is 496 g/mol. The summed E-state index contributed by atoms with van der Waals surface area (Å²) < 4.78 is 29.7. The minimum atomic E-state index is -0.443. The molecular formula is C32H54O7. The van der Waals surface area contributed by atoms with E-state index in [2.05, 4.69) is 38.2 Å². The molecule has 7 heteroatoms. The molecule has 0 spiro atoms. The van der Waals surface area contributed by atoms with E-state index in [1.807, 2.05) is 0 Å². The number of unbranched alkanes of at least 4 members (excludes halogenated alkanes) is 3. The van der Waals surface area contributed by atoms with Crippen molar-refractivity contribution < 1.29 is 33.6 Å². The monoisotopic (exact) mass is 550 g/mol. The lowest BCUT2D eigenvalue weighted by molar-refractivity contribution is -0.208. The van der Waals surface area contributed by atoms with Crippen molar-refractivity contribution in [2.24, 2.45) is 11.8 Å². The minimum absolute atomic E-state index is 0.0533. The lowest BCUT2D eigenvalue weighted by Gasteiger charge is -2.34. The third kappa shape index (κ3) is 11.3. The maximum Gasteiger partial charge on any atom is 0.305 e. The smallest absolute Gasteiger partial charge is 0.305 e. The molecule has 39 heavy (non-hydrogen) atoms. The largest absolute Gasteiger partial charge is 0.469 e. The highest BCUT2D eigenvalue weighted by atomic mass is 16.7. The SMILES string of the molecule is CCCCCC(C)(/C=C/[C@@H]1[C@@H](C/C=C\CCCC(=O)OC)[C@@H](O)C[C@H]1OC1CCCCO1)OC1CCCCO1. The molecule has 0 aromatic rings. The van der Waals surface area contributed by atoms with Gasteiger partial charge in [-0.2, -0.15) is 0 Å². The van der Waals surface area contributed by atoms with Crippen molar-refractivity contribution in [2.45, 2.75) is 141 Å². The molecule has 0 radical (unpaired) electrons. The van der Waals surface area contributed by atoms with Crippen LogP contribution in [-0.2, 0) is 28.5 Å². The molecule has 0 aromatic heterocycles. The van der Waals surface area contributed by atoms with Gasteiger partial charge in [0.1, 0.15) is 0 Å². The van der Waals surface area contributed by atoms with Gasteiger partial charge >= 0.3 is 5.97 Å². The Kier molecular flexibility index (Phi) is 14.5. The van der Waals surface area contributed by atoms with Crippen LogP contribution in [0.5, 0.6) is 0 Å². The quantitative estimate of drug-likeness (QED) is 0.131. The van der Waals surface area contributed by atoms with Gasteiger partial charge in [0.2, 0.25) is 0 Å². The van der Waals surface area contributed by atoms with E-state index in [0.717, 1.165) is 83.8 Å². The molecule has 224 valence electrons. The van der Waals surface area contributed by atoms with Crippen LogP contribution in [0, 0.1) is 11.8 Å². The van der Waals surface area contributed by atoms with Crippen molar-refractivity contribution >= 4 is 5.97 Å². The van der Waals surface area contributed by atoms with E-state index in [1.165, 1.54) is 20.0 Å². The minimum Gasteiger partial charge on any atom is -0.469 e. The number of aliphatic hydroxyl groups is 1. The molecule has 3 fully saturated rings. The van der Waals surface area contributed by atoms with Crippen LogP contribution in [0.15, 0.2) is 24.3 Å². The average molecular weight is 551 g/mol. The topological polar surface area (TPSA) is 83.5 Å². The number of ether oxygens (including phenoxy) is 5. The number of aliphatic hydroxyl groups excluding tert-OH is 1. The van der Waals surface area contributed by atoms with Crippen LogP contribution in [0.3, 0.4) is 0 Å². The molecule has 1 aliphatic carbocycles. The molecule has 0 bridgehead atoms. The Bertz CT molecular complexity index is 741. The van der Waals surface area contributed by atoms with E-state index in [-0.39, 0.29) is 36.5 Å². The van der Waals surface area contributed by atoms with Gasteiger partial charge < -0.3 is 28.8 Å². The van der Waals surface area contributed by atoms with E-state index in [4.69, 9.17) is 23.7 Å². The predicted molar refractivity (Wildman–Crippen MR) is 152 cm³/mol. The van der Waals surface area contributed by atoms with Gasteiger partial charge in [0.05, 0.1) is 24.9 Å². The van der Waals surface area contributed by atoms with Crippen molar-refractivity contribution in [1.82, 2.24) is 0 Å². The van der Waals surface area contributed by atoms with E-state index >= 15 is 0 Å². The molecule has 1 N–H and O–H groups in total. The fraction of sp³-hybridized carbons (Fsp3) is 0.844. The molecule has 7 atom stereocenters. The summed E-state index contributed by atoms with van der Waals surface area (Å²) in [6, 6.07) is 0. The van der Waals surface area contributed by atoms with Gasteiger partial charge in [-0.05, 0) is 77.0 Å². The van der Waals surface area contributed by atoms with Crippen LogP contribution in [0.4, 0.5) is 0 Å². The average Bonchev–Trinajstić information content (AvgIpc) is 3.23. The molecule has 2 saturated heterocycles. The van der Waals surface area contributed by atoms with Crippen molar-refractivity contribution in [3.8, 4) is 0 Å². The summed E-state index contributed by atoms with van der Waals surface area (Å²) in [5, 5.41) is 11.1. The number of esters is 1. The third-order valence-corrected chi connectivity index (χ3v) is 8.40. The molecule has 3 rings (SSSR count). The van der Waals surface area contributed by atoms with Gasteiger partial charge in [0.15, 0.2) is 12.6 Å². The fourth-order valence-electron chi connectivity index (χ4n) is 6.01. The fourth-order valence-corrected chi connectivity index (χ4v) is 6.01. The normalized spacial score (nSPS) is 31.6. The van der Waals surface area contributed by atoms with Gasteiger partial charge in [0, 0.05) is 32.0 Å². The van der Waals surface area contributed by atoms with Crippen LogP contribution in [-0.4, -0.2) is 61.8 Å². The van der Waals surface area contributed by atoms with E-state index in [0.29, 0.717) is 12.8 Å². The standard InChI is InChI=1S/C32H54O7/c1-4-5-12-20-32(2,39-31-18-11-14-23-37-31)21-19-26-25(15-8-6-7-9-16-29(34)35-3)27(33)24-28(26)38-30-17-10-13-22-36-30/h6,8,19,21,25-28,30-31,33H,4-5,7,9-18,20,22-24H2,1-3H3/b8-6-,21-19+/t25-,26-,27+,28-,30?,31?,32?/m1/s1. The second-order valence-corrected chi connectivity index (χ2v) is 11.7. The third-order valence-electron chi connectivity index (χ3n) is 8.40. The van der Waals surface area contributed by atoms with Crippen molar-refractivity contribution in [3.63, 3.8) is 0 Å². The van der Waals surface area contributed by atoms with Crippen LogP contribution in [0.2, 0.25) is 0 Å². The lowest BCUT2D eigenvalue weighted by Crippen LogP contribution is -2.36. The van der Waals surface area contributed by atoms with Gasteiger partial charge in [-0.15, -0.1) is 0 Å². The second-order valence-electron chi connectivity index (χ2n) is 11.7. The van der Waals surface area contributed by atoms with Gasteiger partial charge in [-0.25, -0.2) is 0 Å². The molecule has 3 unspecified atom stereocenters. The Morgan fingerprint density at radius 1 is 1.03 bits per heavy atom. The first kappa shape index (κ1) is 32.3. The maximum atomic E-state index is 11.4. The van der Waals surface area contributed by atoms with Gasteiger partial charge in [-0.1, -0.05) is 50.5 Å². The number of carbonyl (C=O) groups is 1. The summed E-state index contributed by atoms with van der Waals surface area (Å²) in [5.41, 5.74) is -0.426. The number of hydrogen-bond donors (Lipinski definition) is 1. The summed E-state index contributed by atoms with van der Waals surface area (Å²) in [7, 11) is 1.42. The first-order chi connectivity index (χ1) is 18.9. The molecule has 0 aromatic carbocycles. The summed E-state index contributed by atoms with van der Waals surface area (Å²) in [5.74, 6) is -0.0586. The molecule has 2 aliphatic heterocycles. The Balaban J connectivity index is 1.71. The first-order valence-corrected chi connectivity index (χ1v) is 15.6. The molecule has 3 aliphatic rings. The molecule has 1 saturated carbocycles. The zero-order valence-corrected chi connectivity index (χ0v) is 24.7. The molecule has 2 heterocycles. The van der Waals surface area contributed by atoms with Crippen LogP contribution >= 0.6 is 0 Å². The highest BCUT2D eigenvalue weighted by Crippen LogP contribution is 2.40. The van der Waals surface area contributed by atoms with Crippen LogP contribution in [0.25, 0.3) is 0 Å². The Hall–Kier alpha value is -1.25. The van der Waals surface area contributed by atoms with Gasteiger partial charge in [0.25, 0.3) is 0 Å². The highest BCUT2D eigenvalue weighted by molar-refractivity contribution is 5.69. The van der Waals surface area contributed by atoms with E-state index < -0.39 is 11.7 Å². The Morgan fingerprint density at radius 2 is 1.77 bits per heavy atom. The summed E-state index contributed by atoms with van der Waals surface area (Å²) in [6.45, 7) is 5.91. The zero-order chi connectivity index (χ0) is 27.9. The predicted octanol–water partition coefficient (Wildman–Crippen LogP) is 6.62. The zero-order valence-electron chi connectivity index (χ0n) is 24.7. The molecule has 7 nitrogen and oxygen atoms in total. The summed E-state index contributed by atoms with van der Waals surface area (Å²) in [6.07, 6.45) is 21.9. The highest BCUT2D eigenvalue weighted by Gasteiger charge is 2.43. The number of hydrogen-bond acceptors (Lipinski definition) is 7. The van der Waals surface area contributed by atoms with Crippen molar-refractivity contribution in [2.75, 3.05) is 20.3 Å².